The normalized spacial score (nSPS) is 29.3. The zero-order valence-electron chi connectivity index (χ0n) is 12.5. The Bertz CT molecular complexity index is 350. The van der Waals surface area contributed by atoms with E-state index in [1.54, 1.807) is 0 Å². The van der Waals surface area contributed by atoms with E-state index in [1.807, 2.05) is 0 Å². The molecule has 0 aromatic carbocycles. The van der Waals surface area contributed by atoms with Crippen LogP contribution >= 0.6 is 0 Å². The Morgan fingerprint density at radius 1 is 0.167 bits per heavy atom. The van der Waals surface area contributed by atoms with Crippen LogP contribution in [0.5, 0.6) is 0 Å². The minimum absolute atomic E-state index is 0.542. The third-order valence-electron chi connectivity index (χ3n) is 1.70. The molecular weight excluding hydrogens is 824 g/mol. The van der Waals surface area contributed by atoms with Crippen molar-refractivity contribution in [3.05, 3.63) is 79.6 Å². The van der Waals surface area contributed by atoms with Crippen molar-refractivity contribution in [1.82, 2.24) is 0 Å². The fraction of sp³-hybridized carbons (Fsp3) is 0. The molecule has 0 unspecified atom stereocenters. The Kier molecular flexibility index (Phi) is 21.5. The molecule has 0 N–H and O–H groups in total. The third-order valence-corrected chi connectivity index (χ3v) is 18.5. The fourth-order valence-electron chi connectivity index (χ4n) is 0.876. The summed E-state index contributed by atoms with van der Waals surface area (Å²) in [5.74, 6) is 0. The van der Waals surface area contributed by atoms with Crippen LogP contribution in [0.25, 0.3) is 0 Å². The Labute approximate surface area is 196 Å². The average molecular weight is 840 g/mol. The van der Waals surface area contributed by atoms with E-state index in [4.69, 9.17) is 0 Å². The van der Waals surface area contributed by atoms with E-state index in [1.165, 1.54) is 0 Å². The molecule has 1 rings (SSSR count). The van der Waals surface area contributed by atoms with Gasteiger partial charge in [0.1, 0.15) is 0 Å². The predicted molar refractivity (Wildman–Crippen MR) is 119 cm³/mol. The van der Waals surface area contributed by atoms with Crippen molar-refractivity contribution >= 4 is 120 Å². The van der Waals surface area contributed by atoms with Gasteiger partial charge in [0, 0.05) is 0 Å². The molecule has 8 heteroatoms. The first-order valence-corrected chi connectivity index (χ1v) is 22.3. The first-order chi connectivity index (χ1) is 12.0. The Morgan fingerprint density at radius 2 is 0.250 bits per heavy atom. The molecule has 0 aromatic heterocycles. The van der Waals surface area contributed by atoms with Crippen LogP contribution in [0.2, 0.25) is 0 Å². The third kappa shape index (κ3) is 18.9. The second-order valence-corrected chi connectivity index (χ2v) is 17.0. The summed E-state index contributed by atoms with van der Waals surface area (Å²) in [6.07, 6.45) is 0. The summed E-state index contributed by atoms with van der Waals surface area (Å²) in [4.78, 5) is 37.7. The van der Waals surface area contributed by atoms with Gasteiger partial charge in [-0.15, -0.1) is 0 Å². The van der Waals surface area contributed by atoms with Crippen LogP contribution in [-0.4, -0.2) is 120 Å². The average Bonchev–Trinajstić information content (AvgIpc) is 2.59. The van der Waals surface area contributed by atoms with Crippen LogP contribution in [0.3, 0.4) is 0 Å². The van der Waals surface area contributed by atoms with Gasteiger partial charge < -0.3 is 0 Å². The molecule has 0 nitrogen and oxygen atoms in total. The summed E-state index contributed by atoms with van der Waals surface area (Å²) < 4.78 is 0. The maximum absolute atomic E-state index is 2.35. The van der Waals surface area contributed by atoms with E-state index in [0.717, 1.165) is 0 Å². The number of rotatable bonds is 0. The van der Waals surface area contributed by atoms with E-state index < -0.39 is 0 Å². The molecule has 0 saturated heterocycles. The first kappa shape index (κ1) is 24.1. The Morgan fingerprint density at radius 3 is 0.333 bits per heavy atom. The van der Waals surface area contributed by atoms with Crippen LogP contribution in [-0.2, 0) is 0 Å². The van der Waals surface area contributed by atoms with Gasteiger partial charge in [-0.25, -0.2) is 0 Å². The molecular formula is C16H16Se8. The molecule has 0 aliphatic carbocycles. The number of hydrogen-bond acceptors (Lipinski definition) is 0. The van der Waals surface area contributed by atoms with E-state index in [2.05, 4.69) is 79.6 Å². The van der Waals surface area contributed by atoms with Crippen LogP contribution in [0.1, 0.15) is 0 Å². The number of hydrogen-bond donors (Lipinski definition) is 0. The van der Waals surface area contributed by atoms with Crippen molar-refractivity contribution in [3.63, 3.8) is 0 Å². The van der Waals surface area contributed by atoms with Crippen molar-refractivity contribution in [2.75, 3.05) is 0 Å². The SMILES string of the molecule is C1=C\[Se]/C=C\[Se]/C=C\[Se]/C=C\[Se]/C=C\[Se]/C=C\[Se]/C=C\[Se]/C=C\[Se]/1. The minimum atomic E-state index is 0.542. The zero-order valence-corrected chi connectivity index (χ0v) is 26.2. The molecule has 0 atom stereocenters. The van der Waals surface area contributed by atoms with Gasteiger partial charge in [0.2, 0.25) is 0 Å². The van der Waals surface area contributed by atoms with Crippen LogP contribution in [0.4, 0.5) is 0 Å². The topological polar surface area (TPSA) is 0 Å². The van der Waals surface area contributed by atoms with Gasteiger partial charge in [0.05, 0.1) is 0 Å². The summed E-state index contributed by atoms with van der Waals surface area (Å²) in [6, 6.07) is 0. The summed E-state index contributed by atoms with van der Waals surface area (Å²) in [6.45, 7) is 0. The van der Waals surface area contributed by atoms with Crippen molar-refractivity contribution in [2.45, 2.75) is 0 Å². The second kappa shape index (κ2) is 21.4. The Hall–Kier alpha value is 2.08. The van der Waals surface area contributed by atoms with Gasteiger partial charge in [-0.1, -0.05) is 0 Å². The standard InChI is InChI=1S/C16H16Se8/c1-2-18-5-6-20-9-10-22-13-14-24-16-15-23-12-11-21-8-7-19-4-3-17-1/h1-16H/b2-1-,4-3-,6-5-,8-7-,10-9-,12-11-,14-13-,16-15-. The predicted octanol–water partition coefficient (Wildman–Crippen LogP) is 1.40. The van der Waals surface area contributed by atoms with Crippen molar-refractivity contribution in [2.24, 2.45) is 0 Å². The molecule has 1 heterocycles. The molecule has 0 spiro atoms. The van der Waals surface area contributed by atoms with Gasteiger partial charge in [0.25, 0.3) is 0 Å². The van der Waals surface area contributed by atoms with Gasteiger partial charge in [-0.05, 0) is 0 Å². The summed E-state index contributed by atoms with van der Waals surface area (Å²) in [5, 5.41) is 0. The molecule has 0 bridgehead atoms. The fourth-order valence-corrected chi connectivity index (χ4v) is 15.7. The van der Waals surface area contributed by atoms with E-state index in [0.29, 0.717) is 120 Å². The van der Waals surface area contributed by atoms with Gasteiger partial charge in [-0.2, -0.15) is 0 Å². The molecule has 128 valence electrons. The van der Waals surface area contributed by atoms with Gasteiger partial charge in [-0.3, -0.25) is 0 Å². The molecule has 24 heavy (non-hydrogen) atoms. The molecule has 1 aliphatic rings. The molecule has 0 radical (unpaired) electrons. The summed E-state index contributed by atoms with van der Waals surface area (Å²) in [7, 11) is 0. The van der Waals surface area contributed by atoms with Crippen LogP contribution in [0.15, 0.2) is 79.6 Å². The molecule has 0 amide bonds. The van der Waals surface area contributed by atoms with Crippen LogP contribution < -0.4 is 0 Å². The summed E-state index contributed by atoms with van der Waals surface area (Å²) in [5.41, 5.74) is 0. The molecule has 1 aliphatic heterocycles. The summed E-state index contributed by atoms with van der Waals surface area (Å²) >= 11 is 4.34. The van der Waals surface area contributed by atoms with E-state index in [9.17, 15) is 0 Å². The van der Waals surface area contributed by atoms with Gasteiger partial charge in [0.15, 0.2) is 0 Å². The molecule has 0 fully saturated rings. The quantitative estimate of drug-likeness (QED) is 0.325. The molecule has 0 saturated carbocycles. The van der Waals surface area contributed by atoms with Crippen molar-refractivity contribution in [1.29, 1.82) is 0 Å². The molecule has 0 aromatic rings. The Balaban J connectivity index is 2.40. The van der Waals surface area contributed by atoms with Crippen molar-refractivity contribution in [3.8, 4) is 0 Å². The van der Waals surface area contributed by atoms with E-state index >= 15 is 0 Å². The maximum atomic E-state index is 2.35. The monoisotopic (exact) mass is 847 g/mol. The van der Waals surface area contributed by atoms with Crippen molar-refractivity contribution < 1.29 is 0 Å². The first-order valence-electron chi connectivity index (χ1n) is 6.44. The second-order valence-electron chi connectivity index (χ2n) is 3.27. The van der Waals surface area contributed by atoms with Crippen LogP contribution in [0, 0.1) is 0 Å². The van der Waals surface area contributed by atoms with Gasteiger partial charge >= 0.3 is 199 Å². The van der Waals surface area contributed by atoms with E-state index in [-0.39, 0.29) is 0 Å². The zero-order chi connectivity index (χ0) is 17.0.